The molecule has 0 saturated carbocycles. The highest BCUT2D eigenvalue weighted by molar-refractivity contribution is 9.10. The number of nitrogens with zero attached hydrogens (tertiary/aromatic N) is 1. The first-order valence-corrected chi connectivity index (χ1v) is 7.43. The van der Waals surface area contributed by atoms with Crippen LogP contribution in [0.5, 0.6) is 0 Å². The van der Waals surface area contributed by atoms with Gasteiger partial charge in [-0.2, -0.15) is 11.8 Å². The number of rotatable bonds is 4. The van der Waals surface area contributed by atoms with Gasteiger partial charge in [-0.25, -0.2) is 0 Å². The first-order chi connectivity index (χ1) is 8.25. The molecule has 0 saturated heterocycles. The summed E-state index contributed by atoms with van der Waals surface area (Å²) in [6.07, 6.45) is 1.85. The van der Waals surface area contributed by atoms with Crippen LogP contribution < -0.4 is 0 Å². The Bertz CT molecular complexity index is 482. The van der Waals surface area contributed by atoms with Gasteiger partial charge in [-0.3, -0.25) is 4.98 Å². The molecule has 0 atom stereocenters. The molecule has 1 nitrogen and oxygen atoms in total. The van der Waals surface area contributed by atoms with Crippen LogP contribution in [0.15, 0.2) is 47.1 Å². The normalized spacial score (nSPS) is 10.5. The Morgan fingerprint density at radius 2 is 1.94 bits per heavy atom. The lowest BCUT2D eigenvalue weighted by Gasteiger charge is -2.05. The summed E-state index contributed by atoms with van der Waals surface area (Å²) < 4.78 is 1.03. The fourth-order valence-electron chi connectivity index (χ4n) is 1.53. The topological polar surface area (TPSA) is 12.9 Å². The van der Waals surface area contributed by atoms with Crippen molar-refractivity contribution in [1.29, 1.82) is 0 Å². The van der Waals surface area contributed by atoms with Gasteiger partial charge in [-0.15, -0.1) is 0 Å². The Hall–Kier alpha value is -0.800. The van der Waals surface area contributed by atoms with Crippen molar-refractivity contribution in [3.63, 3.8) is 0 Å². The van der Waals surface area contributed by atoms with Gasteiger partial charge in [0.15, 0.2) is 0 Å². The highest BCUT2D eigenvalue weighted by atomic mass is 79.9. The average molecular weight is 308 g/mol. The van der Waals surface area contributed by atoms with Crippen LogP contribution in [-0.4, -0.2) is 4.98 Å². The van der Waals surface area contributed by atoms with Crippen LogP contribution in [0.4, 0.5) is 0 Å². The van der Waals surface area contributed by atoms with Crippen molar-refractivity contribution in [2.24, 2.45) is 0 Å². The van der Waals surface area contributed by atoms with Gasteiger partial charge in [0, 0.05) is 22.2 Å². The second kappa shape index (κ2) is 6.22. The average Bonchev–Trinajstić information content (AvgIpc) is 2.34. The summed E-state index contributed by atoms with van der Waals surface area (Å²) in [6, 6.07) is 12.6. The van der Waals surface area contributed by atoms with E-state index in [9.17, 15) is 0 Å². The molecule has 1 heterocycles. The van der Waals surface area contributed by atoms with Crippen LogP contribution in [0.3, 0.4) is 0 Å². The molecule has 1 aromatic carbocycles. The maximum atomic E-state index is 4.36. The van der Waals surface area contributed by atoms with E-state index >= 15 is 0 Å². The zero-order valence-corrected chi connectivity index (χ0v) is 12.1. The number of thioether (sulfide) groups is 1. The summed E-state index contributed by atoms with van der Waals surface area (Å²) in [5.41, 5.74) is 3.91. The molecule has 0 unspecified atom stereocenters. The zero-order valence-electron chi connectivity index (χ0n) is 9.69. The van der Waals surface area contributed by atoms with E-state index in [2.05, 4.69) is 58.2 Å². The second-order valence-corrected chi connectivity index (χ2v) is 5.79. The van der Waals surface area contributed by atoms with Crippen molar-refractivity contribution >= 4 is 27.7 Å². The number of aromatic nitrogens is 1. The van der Waals surface area contributed by atoms with Crippen LogP contribution in [0.2, 0.25) is 0 Å². The van der Waals surface area contributed by atoms with Gasteiger partial charge in [0.25, 0.3) is 0 Å². The fraction of sp³-hybridized carbons (Fsp3) is 0.214. The Labute approximate surface area is 115 Å². The van der Waals surface area contributed by atoms with Crippen molar-refractivity contribution in [1.82, 2.24) is 4.98 Å². The van der Waals surface area contributed by atoms with E-state index < -0.39 is 0 Å². The minimum atomic E-state index is 0.960. The molecule has 0 spiro atoms. The molecule has 0 fully saturated rings. The predicted molar refractivity (Wildman–Crippen MR) is 78.1 cm³/mol. The van der Waals surface area contributed by atoms with Gasteiger partial charge < -0.3 is 0 Å². The van der Waals surface area contributed by atoms with Gasteiger partial charge in [0.05, 0.1) is 5.69 Å². The number of aryl methyl sites for hydroxylation is 1. The fourth-order valence-corrected chi connectivity index (χ4v) is 2.79. The highest BCUT2D eigenvalue weighted by Gasteiger charge is 1.99. The summed E-state index contributed by atoms with van der Waals surface area (Å²) in [6.45, 7) is 2.16. The van der Waals surface area contributed by atoms with Crippen LogP contribution in [-0.2, 0) is 11.5 Å². The van der Waals surface area contributed by atoms with Crippen molar-refractivity contribution < 1.29 is 0 Å². The van der Waals surface area contributed by atoms with Crippen LogP contribution >= 0.6 is 27.7 Å². The summed E-state index contributed by atoms with van der Waals surface area (Å²) in [5.74, 6) is 2.01. The molecule has 17 heavy (non-hydrogen) atoms. The third-order valence-electron chi connectivity index (χ3n) is 2.56. The van der Waals surface area contributed by atoms with Crippen LogP contribution in [0.25, 0.3) is 0 Å². The number of pyridine rings is 1. The van der Waals surface area contributed by atoms with Crippen LogP contribution in [0.1, 0.15) is 16.8 Å². The standard InChI is InChI=1S/C14H14BrNS/c1-11-4-2-3-5-12(11)9-17-10-14-7-6-13(15)8-16-14/h2-8H,9-10H2,1H3. The van der Waals surface area contributed by atoms with Gasteiger partial charge >= 0.3 is 0 Å². The minimum absolute atomic E-state index is 0.960. The smallest absolute Gasteiger partial charge is 0.0503 e. The van der Waals surface area contributed by atoms with Gasteiger partial charge in [0.2, 0.25) is 0 Å². The third kappa shape index (κ3) is 3.86. The molecule has 0 aliphatic carbocycles. The Morgan fingerprint density at radius 3 is 2.65 bits per heavy atom. The molecule has 0 aliphatic heterocycles. The molecule has 0 N–H and O–H groups in total. The van der Waals surface area contributed by atoms with Crippen molar-refractivity contribution in [3.8, 4) is 0 Å². The molecule has 3 heteroatoms. The summed E-state index contributed by atoms with van der Waals surface area (Å²) in [7, 11) is 0. The number of hydrogen-bond donors (Lipinski definition) is 0. The Balaban J connectivity index is 1.88. The number of halogens is 1. The molecule has 2 aromatic rings. The molecule has 1 aromatic heterocycles. The lowest BCUT2D eigenvalue weighted by Crippen LogP contribution is -1.89. The molecule has 2 rings (SSSR count). The molecule has 88 valence electrons. The lowest BCUT2D eigenvalue weighted by atomic mass is 10.1. The molecule has 0 amide bonds. The summed E-state index contributed by atoms with van der Waals surface area (Å²) in [4.78, 5) is 4.36. The highest BCUT2D eigenvalue weighted by Crippen LogP contribution is 2.19. The van der Waals surface area contributed by atoms with Gasteiger partial charge in [-0.05, 0) is 46.1 Å². The zero-order chi connectivity index (χ0) is 12.1. The van der Waals surface area contributed by atoms with E-state index in [1.165, 1.54) is 11.1 Å². The molecule has 0 bridgehead atoms. The molecular weight excluding hydrogens is 294 g/mol. The van der Waals surface area contributed by atoms with Gasteiger partial charge in [0.1, 0.15) is 0 Å². The number of hydrogen-bond acceptors (Lipinski definition) is 2. The first-order valence-electron chi connectivity index (χ1n) is 5.48. The third-order valence-corrected chi connectivity index (χ3v) is 4.04. The minimum Gasteiger partial charge on any atom is -0.259 e. The van der Waals surface area contributed by atoms with E-state index in [0.29, 0.717) is 0 Å². The summed E-state index contributed by atoms with van der Waals surface area (Å²) >= 11 is 5.29. The monoisotopic (exact) mass is 307 g/mol. The first kappa shape index (κ1) is 12.7. The van der Waals surface area contributed by atoms with E-state index in [1.54, 1.807) is 0 Å². The van der Waals surface area contributed by atoms with Crippen molar-refractivity contribution in [2.45, 2.75) is 18.4 Å². The Morgan fingerprint density at radius 1 is 1.12 bits per heavy atom. The number of benzene rings is 1. The van der Waals surface area contributed by atoms with Gasteiger partial charge in [-0.1, -0.05) is 24.3 Å². The van der Waals surface area contributed by atoms with E-state index in [1.807, 2.05) is 24.0 Å². The SMILES string of the molecule is Cc1ccccc1CSCc1ccc(Br)cn1. The van der Waals surface area contributed by atoms with Crippen LogP contribution in [0, 0.1) is 6.92 Å². The van der Waals surface area contributed by atoms with E-state index in [4.69, 9.17) is 0 Å². The lowest BCUT2D eigenvalue weighted by molar-refractivity contribution is 1.16. The van der Waals surface area contributed by atoms with E-state index in [0.717, 1.165) is 21.7 Å². The largest absolute Gasteiger partial charge is 0.259 e. The van der Waals surface area contributed by atoms with Crippen molar-refractivity contribution in [2.75, 3.05) is 0 Å². The quantitative estimate of drug-likeness (QED) is 0.819. The van der Waals surface area contributed by atoms with Crippen molar-refractivity contribution in [3.05, 3.63) is 63.9 Å². The maximum Gasteiger partial charge on any atom is 0.0503 e. The molecule has 0 aliphatic rings. The summed E-state index contributed by atoms with van der Waals surface area (Å²) in [5, 5.41) is 0. The molecule has 0 radical (unpaired) electrons. The molecular formula is C14H14BrNS. The van der Waals surface area contributed by atoms with E-state index in [-0.39, 0.29) is 0 Å². The maximum absolute atomic E-state index is 4.36. The predicted octanol–water partition coefficient (Wildman–Crippen LogP) is 4.59. The Kier molecular flexibility index (Phi) is 4.63. The second-order valence-electron chi connectivity index (χ2n) is 3.89.